The number of methoxy groups -OCH3 is 1. The molecule has 0 aliphatic rings. The summed E-state index contributed by atoms with van der Waals surface area (Å²) >= 11 is 0. The number of ether oxygens (including phenoxy) is 1. The summed E-state index contributed by atoms with van der Waals surface area (Å²) < 4.78 is 29.6. The van der Waals surface area contributed by atoms with Crippen LogP contribution in [0.25, 0.3) is 0 Å². The van der Waals surface area contributed by atoms with Crippen LogP contribution < -0.4 is 4.74 Å². The normalized spacial score (nSPS) is 11.5. The molecule has 0 unspecified atom stereocenters. The summed E-state index contributed by atoms with van der Waals surface area (Å²) in [7, 11) is 0.324. The third kappa shape index (κ3) is 2.53. The number of hydrogen-bond donors (Lipinski definition) is 0. The summed E-state index contributed by atoms with van der Waals surface area (Å²) in [6.45, 7) is 0. The zero-order chi connectivity index (χ0) is 13.2. The Balaban J connectivity index is 3.42. The van der Waals surface area contributed by atoms with Crippen molar-refractivity contribution >= 4 is 15.7 Å². The number of rotatable bonds is 4. The highest BCUT2D eigenvalue weighted by atomic mass is 32.2. The minimum atomic E-state index is -3.68. The maximum absolute atomic E-state index is 11.9. The van der Waals surface area contributed by atoms with Crippen molar-refractivity contribution in [3.05, 3.63) is 28.3 Å². The molecule has 17 heavy (non-hydrogen) atoms. The van der Waals surface area contributed by atoms with Crippen molar-refractivity contribution in [1.82, 2.24) is 4.31 Å². The van der Waals surface area contributed by atoms with E-state index in [1.165, 1.54) is 21.2 Å². The van der Waals surface area contributed by atoms with Crippen LogP contribution in [0, 0.1) is 10.1 Å². The number of hydrogen-bond acceptors (Lipinski definition) is 5. The lowest BCUT2D eigenvalue weighted by atomic mass is 10.3. The first-order valence-corrected chi connectivity index (χ1v) is 5.99. The molecule has 0 bridgehead atoms. The van der Waals surface area contributed by atoms with Gasteiger partial charge >= 0.3 is 0 Å². The van der Waals surface area contributed by atoms with Crippen LogP contribution in [0.15, 0.2) is 23.1 Å². The van der Waals surface area contributed by atoms with E-state index in [1.54, 1.807) is 0 Å². The average Bonchev–Trinajstić information content (AvgIpc) is 2.27. The van der Waals surface area contributed by atoms with Crippen molar-refractivity contribution < 1.29 is 18.1 Å². The lowest BCUT2D eigenvalue weighted by Gasteiger charge is -2.13. The third-order valence-electron chi connectivity index (χ3n) is 2.12. The summed E-state index contributed by atoms with van der Waals surface area (Å²) in [5, 5.41) is 10.6. The SMILES string of the molecule is COc1cc([N+](=O)[O-])ccc1S(=O)(=O)N(C)C. The van der Waals surface area contributed by atoms with Crippen molar-refractivity contribution in [3.8, 4) is 5.75 Å². The lowest BCUT2D eigenvalue weighted by Crippen LogP contribution is -2.22. The number of nitro benzene ring substituents is 1. The van der Waals surface area contributed by atoms with E-state index in [0.717, 1.165) is 22.5 Å². The van der Waals surface area contributed by atoms with Gasteiger partial charge in [0, 0.05) is 20.2 Å². The Bertz CT molecular complexity index is 538. The first-order chi connectivity index (χ1) is 7.80. The molecule has 0 saturated heterocycles. The largest absolute Gasteiger partial charge is 0.495 e. The van der Waals surface area contributed by atoms with Crippen LogP contribution in [0.2, 0.25) is 0 Å². The first kappa shape index (κ1) is 13.4. The van der Waals surface area contributed by atoms with Crippen LogP contribution >= 0.6 is 0 Å². The fourth-order valence-electron chi connectivity index (χ4n) is 1.18. The van der Waals surface area contributed by atoms with Gasteiger partial charge in [0.1, 0.15) is 10.6 Å². The topological polar surface area (TPSA) is 89.7 Å². The predicted molar refractivity (Wildman–Crippen MR) is 60.5 cm³/mol. The predicted octanol–water partition coefficient (Wildman–Crippen LogP) is 0.854. The monoisotopic (exact) mass is 260 g/mol. The molecule has 0 atom stereocenters. The Morgan fingerprint density at radius 2 is 1.94 bits per heavy atom. The van der Waals surface area contributed by atoms with E-state index in [0.29, 0.717) is 0 Å². The molecule has 0 aliphatic heterocycles. The number of nitro groups is 1. The molecular formula is C9H12N2O5S. The minimum Gasteiger partial charge on any atom is -0.495 e. The Labute approximate surface area is 98.8 Å². The van der Waals surface area contributed by atoms with Gasteiger partial charge in [-0.3, -0.25) is 10.1 Å². The third-order valence-corrected chi connectivity index (χ3v) is 3.97. The van der Waals surface area contributed by atoms with Crippen LogP contribution in [0.5, 0.6) is 5.75 Å². The zero-order valence-electron chi connectivity index (χ0n) is 9.58. The van der Waals surface area contributed by atoms with Crippen molar-refractivity contribution in [1.29, 1.82) is 0 Å². The highest BCUT2D eigenvalue weighted by molar-refractivity contribution is 7.89. The maximum atomic E-state index is 11.9. The molecule has 0 heterocycles. The molecule has 0 amide bonds. The Morgan fingerprint density at radius 3 is 2.35 bits per heavy atom. The van der Waals surface area contributed by atoms with E-state index in [-0.39, 0.29) is 16.3 Å². The standard InChI is InChI=1S/C9H12N2O5S/c1-10(2)17(14,15)9-5-4-7(11(12)13)6-8(9)16-3/h4-6H,1-3H3. The van der Waals surface area contributed by atoms with Crippen LogP contribution in [0.3, 0.4) is 0 Å². The van der Waals surface area contributed by atoms with E-state index in [9.17, 15) is 18.5 Å². The van der Waals surface area contributed by atoms with E-state index in [2.05, 4.69) is 0 Å². The Hall–Kier alpha value is -1.67. The second-order valence-electron chi connectivity index (χ2n) is 3.38. The average molecular weight is 260 g/mol. The van der Waals surface area contributed by atoms with Gasteiger partial charge in [0.15, 0.2) is 0 Å². The van der Waals surface area contributed by atoms with E-state index < -0.39 is 14.9 Å². The van der Waals surface area contributed by atoms with Gasteiger partial charge in [0.05, 0.1) is 18.1 Å². The molecule has 0 fully saturated rings. The zero-order valence-corrected chi connectivity index (χ0v) is 10.4. The summed E-state index contributed by atoms with van der Waals surface area (Å²) in [5.74, 6) is -0.0482. The second-order valence-corrected chi connectivity index (χ2v) is 5.50. The van der Waals surface area contributed by atoms with Gasteiger partial charge in [0.25, 0.3) is 5.69 Å². The molecular weight excluding hydrogens is 248 g/mol. The Kier molecular flexibility index (Phi) is 3.69. The number of nitrogens with zero attached hydrogens (tertiary/aromatic N) is 2. The van der Waals surface area contributed by atoms with Crippen LogP contribution in [-0.2, 0) is 10.0 Å². The number of non-ortho nitro benzene ring substituents is 1. The molecule has 1 aromatic rings. The molecule has 94 valence electrons. The smallest absolute Gasteiger partial charge is 0.273 e. The minimum absolute atomic E-state index is 0.0482. The van der Waals surface area contributed by atoms with Gasteiger partial charge < -0.3 is 4.74 Å². The van der Waals surface area contributed by atoms with Crippen LogP contribution in [0.1, 0.15) is 0 Å². The molecule has 1 aromatic carbocycles. The van der Waals surface area contributed by atoms with Gasteiger partial charge in [-0.15, -0.1) is 0 Å². The van der Waals surface area contributed by atoms with E-state index >= 15 is 0 Å². The van der Waals surface area contributed by atoms with Crippen LogP contribution in [0.4, 0.5) is 5.69 Å². The maximum Gasteiger partial charge on any atom is 0.273 e. The highest BCUT2D eigenvalue weighted by Crippen LogP contribution is 2.29. The van der Waals surface area contributed by atoms with Crippen molar-refractivity contribution in [2.75, 3.05) is 21.2 Å². The second kappa shape index (κ2) is 4.68. The fourth-order valence-corrected chi connectivity index (χ4v) is 2.21. The van der Waals surface area contributed by atoms with Gasteiger partial charge in [0.2, 0.25) is 10.0 Å². The molecule has 1 rings (SSSR count). The summed E-state index contributed by atoms with van der Waals surface area (Å²) in [5.41, 5.74) is -0.223. The van der Waals surface area contributed by atoms with E-state index in [1.807, 2.05) is 0 Å². The highest BCUT2D eigenvalue weighted by Gasteiger charge is 2.24. The lowest BCUT2D eigenvalue weighted by molar-refractivity contribution is -0.385. The molecule has 0 saturated carbocycles. The van der Waals surface area contributed by atoms with Crippen LogP contribution in [-0.4, -0.2) is 38.9 Å². The van der Waals surface area contributed by atoms with Crippen molar-refractivity contribution in [2.24, 2.45) is 0 Å². The molecule has 0 spiro atoms. The van der Waals surface area contributed by atoms with Crippen molar-refractivity contribution in [2.45, 2.75) is 4.90 Å². The first-order valence-electron chi connectivity index (χ1n) is 4.55. The van der Waals surface area contributed by atoms with Gasteiger partial charge in [-0.2, -0.15) is 0 Å². The molecule has 0 N–H and O–H groups in total. The molecule has 7 nitrogen and oxygen atoms in total. The summed E-state index contributed by atoms with van der Waals surface area (Å²) in [4.78, 5) is 9.84. The molecule has 0 radical (unpaired) electrons. The number of sulfonamides is 1. The molecule has 0 aliphatic carbocycles. The van der Waals surface area contributed by atoms with Gasteiger partial charge in [-0.05, 0) is 6.07 Å². The molecule has 0 aromatic heterocycles. The number of benzene rings is 1. The summed E-state index contributed by atoms with van der Waals surface area (Å²) in [6.07, 6.45) is 0. The Morgan fingerprint density at radius 1 is 1.35 bits per heavy atom. The fraction of sp³-hybridized carbons (Fsp3) is 0.333. The van der Waals surface area contributed by atoms with E-state index in [4.69, 9.17) is 4.74 Å². The van der Waals surface area contributed by atoms with Gasteiger partial charge in [-0.25, -0.2) is 12.7 Å². The quantitative estimate of drug-likeness (QED) is 0.591. The van der Waals surface area contributed by atoms with Gasteiger partial charge in [-0.1, -0.05) is 0 Å². The molecule has 8 heteroatoms. The van der Waals surface area contributed by atoms with Crippen molar-refractivity contribution in [3.63, 3.8) is 0 Å². The summed E-state index contributed by atoms with van der Waals surface area (Å²) in [6, 6.07) is 3.36.